The third-order valence-corrected chi connectivity index (χ3v) is 2.34. The largest absolute Gasteiger partial charge is 0.393 e. The summed E-state index contributed by atoms with van der Waals surface area (Å²) in [6.45, 7) is 2.08. The Labute approximate surface area is 103 Å². The van der Waals surface area contributed by atoms with Gasteiger partial charge in [0.1, 0.15) is 6.20 Å². The highest BCUT2D eigenvalue weighted by Gasteiger charge is 2.20. The van der Waals surface area contributed by atoms with Gasteiger partial charge in [-0.3, -0.25) is 10.1 Å². The summed E-state index contributed by atoms with van der Waals surface area (Å²) in [4.78, 5) is 19.2. The molecule has 1 atom stereocenters. The number of rotatable bonds is 5. The zero-order valence-corrected chi connectivity index (χ0v) is 10.3. The van der Waals surface area contributed by atoms with Crippen LogP contribution in [-0.2, 0) is 0 Å². The predicted octanol–water partition coefficient (Wildman–Crippen LogP) is 1.25. The van der Waals surface area contributed by atoms with E-state index >= 15 is 0 Å². The van der Waals surface area contributed by atoms with E-state index in [1.54, 1.807) is 18.9 Å². The van der Waals surface area contributed by atoms with Crippen molar-refractivity contribution in [3.63, 3.8) is 0 Å². The molecule has 94 valence electrons. The molecular formula is C9H13ClN4O3. The van der Waals surface area contributed by atoms with Crippen LogP contribution >= 0.6 is 11.6 Å². The van der Waals surface area contributed by atoms with E-state index < -0.39 is 11.0 Å². The quantitative estimate of drug-likeness (QED) is 0.486. The Morgan fingerprint density at radius 2 is 2.35 bits per heavy atom. The van der Waals surface area contributed by atoms with Crippen molar-refractivity contribution in [2.45, 2.75) is 19.4 Å². The van der Waals surface area contributed by atoms with Crippen LogP contribution in [0.5, 0.6) is 0 Å². The first-order valence-electron chi connectivity index (χ1n) is 4.98. The van der Waals surface area contributed by atoms with Gasteiger partial charge in [0.05, 0.1) is 11.0 Å². The van der Waals surface area contributed by atoms with Crippen LogP contribution in [0.1, 0.15) is 13.3 Å². The van der Waals surface area contributed by atoms with E-state index in [1.165, 1.54) is 0 Å². The van der Waals surface area contributed by atoms with E-state index in [-0.39, 0.29) is 16.8 Å². The summed E-state index contributed by atoms with van der Waals surface area (Å²) in [5, 5.41) is 19.9. The summed E-state index contributed by atoms with van der Waals surface area (Å²) in [7, 11) is 1.65. The molecule has 17 heavy (non-hydrogen) atoms. The van der Waals surface area contributed by atoms with Crippen molar-refractivity contribution in [2.24, 2.45) is 0 Å². The molecule has 0 bridgehead atoms. The van der Waals surface area contributed by atoms with Gasteiger partial charge in [-0.2, -0.15) is 4.98 Å². The monoisotopic (exact) mass is 260 g/mol. The number of aliphatic hydroxyl groups excluding tert-OH is 1. The van der Waals surface area contributed by atoms with Gasteiger partial charge < -0.3 is 10.0 Å². The molecular weight excluding hydrogens is 248 g/mol. The van der Waals surface area contributed by atoms with E-state index in [0.29, 0.717) is 13.0 Å². The highest BCUT2D eigenvalue weighted by molar-refractivity contribution is 6.28. The fourth-order valence-corrected chi connectivity index (χ4v) is 1.37. The van der Waals surface area contributed by atoms with Crippen LogP contribution < -0.4 is 4.90 Å². The van der Waals surface area contributed by atoms with Crippen molar-refractivity contribution in [3.8, 4) is 0 Å². The summed E-state index contributed by atoms with van der Waals surface area (Å²) >= 11 is 5.61. The van der Waals surface area contributed by atoms with Gasteiger partial charge in [0.25, 0.3) is 0 Å². The minimum atomic E-state index is -0.565. The van der Waals surface area contributed by atoms with E-state index in [0.717, 1.165) is 6.20 Å². The zero-order valence-electron chi connectivity index (χ0n) is 9.50. The standard InChI is InChI=1S/C9H13ClN4O3/c1-6(15)3-4-13(2)8-7(14(16)17)5-11-9(10)12-8/h5-6,15H,3-4H2,1-2H3. The summed E-state index contributed by atoms with van der Waals surface area (Å²) in [5.41, 5.74) is -0.206. The maximum absolute atomic E-state index is 10.8. The molecule has 1 aromatic heterocycles. The minimum Gasteiger partial charge on any atom is -0.393 e. The van der Waals surface area contributed by atoms with Crippen LogP contribution in [0.15, 0.2) is 6.20 Å². The van der Waals surface area contributed by atoms with Crippen LogP contribution in [0.25, 0.3) is 0 Å². The van der Waals surface area contributed by atoms with Gasteiger partial charge >= 0.3 is 5.69 Å². The Bertz CT molecular complexity index is 413. The lowest BCUT2D eigenvalue weighted by molar-refractivity contribution is -0.384. The number of nitro groups is 1. The fraction of sp³-hybridized carbons (Fsp3) is 0.556. The van der Waals surface area contributed by atoms with Crippen molar-refractivity contribution in [3.05, 3.63) is 21.6 Å². The third-order valence-electron chi connectivity index (χ3n) is 2.16. The summed E-state index contributed by atoms with van der Waals surface area (Å²) in [6.07, 6.45) is 1.08. The lowest BCUT2D eigenvalue weighted by Crippen LogP contribution is -2.23. The van der Waals surface area contributed by atoms with Crippen LogP contribution in [-0.4, -0.2) is 39.7 Å². The number of aromatic nitrogens is 2. The number of anilines is 1. The van der Waals surface area contributed by atoms with Gasteiger partial charge in [-0.15, -0.1) is 0 Å². The van der Waals surface area contributed by atoms with Gasteiger partial charge in [0.15, 0.2) is 0 Å². The molecule has 0 amide bonds. The first-order chi connectivity index (χ1) is 7.91. The van der Waals surface area contributed by atoms with Crippen molar-refractivity contribution in [1.82, 2.24) is 9.97 Å². The molecule has 0 saturated carbocycles. The van der Waals surface area contributed by atoms with Crippen LogP contribution in [0.3, 0.4) is 0 Å². The molecule has 0 radical (unpaired) electrons. The third kappa shape index (κ3) is 3.79. The zero-order chi connectivity index (χ0) is 13.0. The molecule has 0 saturated heterocycles. The molecule has 1 rings (SSSR count). The summed E-state index contributed by atoms with van der Waals surface area (Å²) in [5.74, 6) is 0.149. The average molecular weight is 261 g/mol. The Morgan fingerprint density at radius 3 is 2.88 bits per heavy atom. The predicted molar refractivity (Wildman–Crippen MR) is 63.3 cm³/mol. The first-order valence-corrected chi connectivity index (χ1v) is 5.35. The smallest absolute Gasteiger partial charge is 0.329 e. The normalized spacial score (nSPS) is 12.2. The molecule has 1 aromatic rings. The number of aliphatic hydroxyl groups is 1. The molecule has 0 aliphatic carbocycles. The van der Waals surface area contributed by atoms with Gasteiger partial charge in [0.2, 0.25) is 11.1 Å². The maximum Gasteiger partial charge on any atom is 0.329 e. The molecule has 8 heteroatoms. The van der Waals surface area contributed by atoms with Crippen LogP contribution in [0.4, 0.5) is 11.5 Å². The summed E-state index contributed by atoms with van der Waals surface area (Å²) in [6, 6.07) is 0. The van der Waals surface area contributed by atoms with Crippen molar-refractivity contribution in [1.29, 1.82) is 0 Å². The molecule has 1 N–H and O–H groups in total. The van der Waals surface area contributed by atoms with Crippen LogP contribution in [0, 0.1) is 10.1 Å². The van der Waals surface area contributed by atoms with Gasteiger partial charge in [-0.1, -0.05) is 0 Å². The van der Waals surface area contributed by atoms with E-state index in [1.807, 2.05) is 0 Å². The van der Waals surface area contributed by atoms with Gasteiger partial charge in [-0.05, 0) is 24.9 Å². The fourth-order valence-electron chi connectivity index (χ4n) is 1.24. The lowest BCUT2D eigenvalue weighted by atomic mass is 10.3. The highest BCUT2D eigenvalue weighted by Crippen LogP contribution is 2.25. The number of hydrogen-bond acceptors (Lipinski definition) is 6. The molecule has 0 aliphatic heterocycles. The second-order valence-corrected chi connectivity index (χ2v) is 4.00. The topological polar surface area (TPSA) is 92.4 Å². The SMILES string of the molecule is CC(O)CCN(C)c1nc(Cl)ncc1[N+](=O)[O-]. The second kappa shape index (κ2) is 5.74. The molecule has 1 heterocycles. The first kappa shape index (κ1) is 13.6. The Morgan fingerprint density at radius 1 is 1.71 bits per heavy atom. The number of nitrogens with zero attached hydrogens (tertiary/aromatic N) is 4. The summed E-state index contributed by atoms with van der Waals surface area (Å²) < 4.78 is 0. The van der Waals surface area contributed by atoms with E-state index in [2.05, 4.69) is 9.97 Å². The molecule has 0 aliphatic rings. The minimum absolute atomic E-state index is 0.0468. The number of halogens is 1. The Hall–Kier alpha value is -1.47. The Kier molecular flexibility index (Phi) is 4.59. The molecule has 0 fully saturated rings. The molecule has 0 aromatic carbocycles. The molecule has 0 spiro atoms. The average Bonchev–Trinajstić information content (AvgIpc) is 2.25. The molecule has 1 unspecified atom stereocenters. The van der Waals surface area contributed by atoms with Crippen molar-refractivity contribution >= 4 is 23.1 Å². The van der Waals surface area contributed by atoms with Gasteiger partial charge in [-0.25, -0.2) is 4.98 Å². The maximum atomic E-state index is 10.8. The Balaban J connectivity index is 2.94. The van der Waals surface area contributed by atoms with Gasteiger partial charge in [0, 0.05) is 13.6 Å². The lowest BCUT2D eigenvalue weighted by Gasteiger charge is -2.18. The number of hydrogen-bond donors (Lipinski definition) is 1. The van der Waals surface area contributed by atoms with E-state index in [9.17, 15) is 10.1 Å². The van der Waals surface area contributed by atoms with E-state index in [4.69, 9.17) is 16.7 Å². The van der Waals surface area contributed by atoms with Crippen LogP contribution in [0.2, 0.25) is 5.28 Å². The van der Waals surface area contributed by atoms with Crippen molar-refractivity contribution < 1.29 is 10.0 Å². The molecule has 7 nitrogen and oxygen atoms in total. The highest BCUT2D eigenvalue weighted by atomic mass is 35.5. The second-order valence-electron chi connectivity index (χ2n) is 3.66. The van der Waals surface area contributed by atoms with Crippen molar-refractivity contribution in [2.75, 3.05) is 18.5 Å².